The number of methoxy groups -OCH3 is 1. The number of aliphatic hydroxyl groups excluding tert-OH is 2. The van der Waals surface area contributed by atoms with E-state index >= 15 is 0 Å². The number of hydrogen-bond donors (Lipinski definition) is 9. The molecule has 26 nitrogen and oxygen atoms in total. The van der Waals surface area contributed by atoms with Gasteiger partial charge in [0, 0.05) is 53.9 Å². The van der Waals surface area contributed by atoms with E-state index < -0.39 is 106 Å². The summed E-state index contributed by atoms with van der Waals surface area (Å²) >= 11 is 0. The number of ketones is 2. The number of ether oxygens (including phenoxy) is 9. The van der Waals surface area contributed by atoms with Gasteiger partial charge < -0.3 is 79.0 Å². The average molecular weight is 1200 g/mol. The first-order valence-corrected chi connectivity index (χ1v) is 28.9. The Morgan fingerprint density at radius 2 is 1.41 bits per heavy atom. The molecular weight excluding hydrogens is 1130 g/mol. The van der Waals surface area contributed by atoms with Crippen LogP contribution in [0.5, 0.6) is 23.0 Å². The maximum atomic E-state index is 14.1. The number of carbonyl (C=O) groups is 3. The fourth-order valence-electron chi connectivity index (χ4n) is 9.94. The highest BCUT2D eigenvalue weighted by Gasteiger charge is 2.50. The van der Waals surface area contributed by atoms with Gasteiger partial charge in [-0.15, -0.1) is 5.11 Å². The molecule has 1 heterocycles. The highest BCUT2D eigenvalue weighted by molar-refractivity contribution is 7.89. The first-order chi connectivity index (χ1) is 41.0. The second-order valence-electron chi connectivity index (χ2n) is 20.0. The maximum Gasteiger partial charge on any atom is 0.242 e. The van der Waals surface area contributed by atoms with Crippen LogP contribution in [-0.4, -0.2) is 192 Å². The monoisotopic (exact) mass is 1200 g/mol. The summed E-state index contributed by atoms with van der Waals surface area (Å²) in [6.07, 6.45) is -5.60. The number of nitrogens with two attached hydrogens (primary N) is 1. The molecule has 1 unspecified atom stereocenters. The number of fused-ring (bicyclic) bond motifs is 4. The zero-order chi connectivity index (χ0) is 60.7. The molecule has 27 heteroatoms. The fourth-order valence-corrected chi connectivity index (χ4v) is 11.0. The lowest BCUT2D eigenvalue weighted by Gasteiger charge is -2.43. The summed E-state index contributed by atoms with van der Waals surface area (Å²) in [5.41, 5.74) is 5.20. The average Bonchev–Trinajstić information content (AvgIpc) is 0.812. The Morgan fingerprint density at radius 1 is 0.776 bits per heavy atom. The third-order valence-electron chi connectivity index (χ3n) is 14.3. The van der Waals surface area contributed by atoms with E-state index in [1.165, 1.54) is 43.5 Å². The van der Waals surface area contributed by atoms with Gasteiger partial charge in [-0.05, 0) is 48.7 Å². The van der Waals surface area contributed by atoms with Crippen molar-refractivity contribution in [1.82, 2.24) is 10.1 Å². The van der Waals surface area contributed by atoms with E-state index in [1.54, 1.807) is 31.2 Å². The molecule has 0 radical (unpaired) electrons. The molecule has 0 bridgehead atoms. The van der Waals surface area contributed by atoms with E-state index in [0.717, 1.165) is 0 Å². The molecule has 1 amide bonds. The lowest BCUT2D eigenvalue weighted by Crippen LogP contribution is -2.53. The lowest BCUT2D eigenvalue weighted by molar-refractivity contribution is -0.245. The van der Waals surface area contributed by atoms with Crippen LogP contribution in [-0.2, 0) is 59.1 Å². The van der Waals surface area contributed by atoms with Crippen molar-refractivity contribution in [1.29, 1.82) is 0 Å². The van der Waals surface area contributed by atoms with Crippen LogP contribution in [0.15, 0.2) is 99.1 Å². The van der Waals surface area contributed by atoms with Crippen molar-refractivity contribution in [3.05, 3.63) is 112 Å². The summed E-state index contributed by atoms with van der Waals surface area (Å²) in [7, 11) is -2.54. The molecule has 1 aliphatic heterocycles. The normalized spacial score (nSPS) is 20.6. The molecule has 2 aliphatic carbocycles. The number of hydrazone groups is 1. The first kappa shape index (κ1) is 64.1. The standard InChI is InChI=1S/C58H70N6O20S/c1-34-53(68)41(59)30-47(83-34)84-44-32-58(73,31-40-49(44)57(72)51-50(55(40)70)54(69)39-9-6-10-43(76-2)48(39)56(51)71)45(33-65)62-63-46(67)15-17-77-19-21-79-23-25-81-27-28-82-26-24-80-22-20-78-18-16-60-85(74,75)37-12-13-38-35(29-37)11-14-42(66)52(38)64-61-36-7-4-3-5-8-36/h3-14,29,34,41,44,47,53,60,65-66,68,70,72-73H,15-28,30-33,59H2,1-2H3,(H,63,67)/b62-45+,64-61?/t34?,41-,44+,47+,53-,58-/m1/s1. The van der Waals surface area contributed by atoms with Gasteiger partial charge in [0.15, 0.2) is 12.1 Å². The molecule has 8 rings (SSSR count). The summed E-state index contributed by atoms with van der Waals surface area (Å²) in [5.74, 6) is -3.68. The van der Waals surface area contributed by atoms with Crippen LogP contribution in [0.2, 0.25) is 0 Å². The highest BCUT2D eigenvalue weighted by atomic mass is 32.2. The number of aliphatic hydroxyl groups is 3. The predicted octanol–water partition coefficient (Wildman–Crippen LogP) is 3.65. The first-order valence-electron chi connectivity index (χ1n) is 27.5. The Labute approximate surface area is 489 Å². The largest absolute Gasteiger partial charge is 0.507 e. The van der Waals surface area contributed by atoms with Gasteiger partial charge in [0.05, 0.1) is 151 Å². The zero-order valence-electron chi connectivity index (χ0n) is 46.8. The van der Waals surface area contributed by atoms with Crippen LogP contribution in [0.25, 0.3) is 10.8 Å². The van der Waals surface area contributed by atoms with Crippen molar-refractivity contribution in [2.45, 2.75) is 73.7 Å². The third-order valence-corrected chi connectivity index (χ3v) is 15.7. The Morgan fingerprint density at radius 3 is 2.05 bits per heavy atom. The molecule has 458 valence electrons. The summed E-state index contributed by atoms with van der Waals surface area (Å²) in [6.45, 7) is 3.51. The topological polar surface area (TPSA) is 377 Å². The van der Waals surface area contributed by atoms with Gasteiger partial charge in [-0.25, -0.2) is 18.6 Å². The number of carbonyl (C=O) groups excluding carboxylic acids is 3. The number of nitrogens with one attached hydrogen (secondary N) is 2. The molecule has 1 saturated heterocycles. The quantitative estimate of drug-likeness (QED) is 0.00986. The van der Waals surface area contributed by atoms with Crippen LogP contribution in [0.1, 0.15) is 75.3 Å². The Bertz CT molecular complexity index is 3320. The van der Waals surface area contributed by atoms with E-state index in [4.69, 9.17) is 48.4 Å². The van der Waals surface area contributed by atoms with Gasteiger partial charge in [0.2, 0.25) is 21.7 Å². The number of benzene rings is 5. The number of phenolic OH excluding ortho intramolecular Hbond substituents is 3. The number of phenols is 3. The van der Waals surface area contributed by atoms with Crippen LogP contribution < -0.4 is 20.6 Å². The fraction of sp³-hybridized carbons (Fsp3) is 0.448. The van der Waals surface area contributed by atoms with E-state index in [0.29, 0.717) is 49.5 Å². The summed E-state index contributed by atoms with van der Waals surface area (Å²) in [6, 6.07) is 20.1. The van der Waals surface area contributed by atoms with Crippen molar-refractivity contribution in [3.63, 3.8) is 0 Å². The van der Waals surface area contributed by atoms with Gasteiger partial charge >= 0.3 is 0 Å². The van der Waals surface area contributed by atoms with Gasteiger partial charge in [0.25, 0.3) is 0 Å². The van der Waals surface area contributed by atoms with Gasteiger partial charge in [-0.1, -0.05) is 42.5 Å². The van der Waals surface area contributed by atoms with Crippen molar-refractivity contribution < 1.29 is 96.1 Å². The highest BCUT2D eigenvalue weighted by Crippen LogP contribution is 2.53. The number of nitrogens with zero attached hydrogens (tertiary/aromatic N) is 3. The summed E-state index contributed by atoms with van der Waals surface area (Å²) in [5, 5.41) is 80.9. The number of aromatic hydroxyl groups is 3. The van der Waals surface area contributed by atoms with Gasteiger partial charge in [-0.2, -0.15) is 10.2 Å². The van der Waals surface area contributed by atoms with E-state index in [1.807, 2.05) is 18.2 Å². The van der Waals surface area contributed by atoms with Crippen molar-refractivity contribution in [3.8, 4) is 23.0 Å². The van der Waals surface area contributed by atoms with Crippen molar-refractivity contribution in [2.75, 3.05) is 99.5 Å². The summed E-state index contributed by atoms with van der Waals surface area (Å²) in [4.78, 5) is 41.0. The van der Waals surface area contributed by atoms with Gasteiger partial charge in [-0.3, -0.25) is 14.4 Å². The molecule has 10 N–H and O–H groups in total. The predicted molar refractivity (Wildman–Crippen MR) is 303 cm³/mol. The molecule has 0 saturated carbocycles. The maximum absolute atomic E-state index is 14.1. The minimum Gasteiger partial charge on any atom is -0.507 e. The van der Waals surface area contributed by atoms with E-state index in [-0.39, 0.29) is 116 Å². The molecule has 5 aromatic rings. The van der Waals surface area contributed by atoms with Crippen LogP contribution in [0.4, 0.5) is 11.4 Å². The third kappa shape index (κ3) is 15.7. The van der Waals surface area contributed by atoms with Crippen LogP contribution in [0, 0.1) is 0 Å². The molecular formula is C58H70N6O20S. The Balaban J connectivity index is 0.683. The second kappa shape index (κ2) is 29.9. The molecule has 1 fully saturated rings. The van der Waals surface area contributed by atoms with Gasteiger partial charge in [0.1, 0.15) is 34.3 Å². The lowest BCUT2D eigenvalue weighted by atomic mass is 9.71. The number of rotatable bonds is 31. The van der Waals surface area contributed by atoms with E-state index in [9.17, 15) is 53.4 Å². The number of azo groups is 1. The minimum absolute atomic E-state index is 0.0342. The van der Waals surface area contributed by atoms with Crippen molar-refractivity contribution >= 4 is 55.4 Å². The molecule has 3 aliphatic rings. The van der Waals surface area contributed by atoms with Crippen LogP contribution >= 0.6 is 0 Å². The summed E-state index contributed by atoms with van der Waals surface area (Å²) < 4.78 is 79.1. The minimum atomic E-state index is -3.85. The van der Waals surface area contributed by atoms with E-state index in [2.05, 4.69) is 25.5 Å². The van der Waals surface area contributed by atoms with Crippen LogP contribution in [0.3, 0.4) is 0 Å². The molecule has 0 spiro atoms. The number of hydrogen-bond acceptors (Lipinski definition) is 24. The molecule has 85 heavy (non-hydrogen) atoms. The number of amides is 1. The number of sulfonamides is 1. The smallest absolute Gasteiger partial charge is 0.242 e. The SMILES string of the molecule is COc1cccc2c1C(=O)c1c(O)c3c(c(O)c1C2=O)C[C@](O)(/C(CO)=N/NC(=O)CCOCCOCCOCCOCCOCCOCCNS(=O)(=O)c1ccc2c(N=Nc4ccccc4)c(O)ccc2c1)C[C@@H]3O[C@H]1C[C@@H](N)[C@H](O)C(C)O1. The second-order valence-corrected chi connectivity index (χ2v) is 21.8. The zero-order valence-corrected chi connectivity index (χ0v) is 47.7. The molecule has 5 aromatic carbocycles. The molecule has 0 aromatic heterocycles. The Kier molecular flexibility index (Phi) is 22.6. The Hall–Kier alpha value is -6.93. The van der Waals surface area contributed by atoms with Crippen molar-refractivity contribution in [2.24, 2.45) is 21.1 Å². The molecule has 6 atom stereocenters.